The topological polar surface area (TPSA) is 25.8 Å². The van der Waals surface area contributed by atoms with Crippen LogP contribution in [-0.2, 0) is 0 Å². The molecule has 0 aliphatic heterocycles. The minimum absolute atomic E-state index is 1.14. The second-order valence-corrected chi connectivity index (χ2v) is 4.15. The number of fused-ring (bicyclic) bond motifs is 1. The van der Waals surface area contributed by atoms with Gasteiger partial charge in [0.2, 0.25) is 0 Å². The Labute approximate surface area is 99.9 Å². The normalized spacial score (nSPS) is 10.6. The summed E-state index contributed by atoms with van der Waals surface area (Å²) in [5.41, 5.74) is 3.69. The molecule has 2 nitrogen and oxygen atoms in total. The molecule has 17 heavy (non-hydrogen) atoms. The van der Waals surface area contributed by atoms with E-state index in [4.69, 9.17) is 0 Å². The van der Waals surface area contributed by atoms with Gasteiger partial charge < -0.3 is 0 Å². The highest BCUT2D eigenvalue weighted by Crippen LogP contribution is 2.26. The van der Waals surface area contributed by atoms with Crippen molar-refractivity contribution < 1.29 is 0 Å². The summed E-state index contributed by atoms with van der Waals surface area (Å²) in [5, 5.41) is 10.2. The van der Waals surface area contributed by atoms with E-state index in [1.807, 2.05) is 18.5 Å². The van der Waals surface area contributed by atoms with E-state index in [0.29, 0.717) is 0 Å². The van der Waals surface area contributed by atoms with Gasteiger partial charge in [-0.1, -0.05) is 36.4 Å². The quantitative estimate of drug-likeness (QED) is 0.626. The van der Waals surface area contributed by atoms with Crippen molar-refractivity contribution in [2.24, 2.45) is 0 Å². The van der Waals surface area contributed by atoms with Crippen molar-refractivity contribution >= 4 is 10.8 Å². The van der Waals surface area contributed by atoms with Crippen molar-refractivity contribution in [1.29, 1.82) is 0 Å². The highest BCUT2D eigenvalue weighted by Gasteiger charge is 2.02. The van der Waals surface area contributed by atoms with Gasteiger partial charge in [0.1, 0.15) is 0 Å². The molecule has 0 atom stereocenters. The summed E-state index contributed by atoms with van der Waals surface area (Å²) in [4.78, 5) is 0. The Hall–Kier alpha value is -2.22. The van der Waals surface area contributed by atoms with Crippen LogP contribution in [0.25, 0.3) is 21.9 Å². The first-order valence-corrected chi connectivity index (χ1v) is 5.61. The second-order valence-electron chi connectivity index (χ2n) is 4.15. The van der Waals surface area contributed by atoms with Crippen LogP contribution >= 0.6 is 0 Å². The van der Waals surface area contributed by atoms with Crippen LogP contribution in [0.1, 0.15) is 5.56 Å². The lowest BCUT2D eigenvalue weighted by molar-refractivity contribution is 1.05. The van der Waals surface area contributed by atoms with Gasteiger partial charge in [-0.3, -0.25) is 0 Å². The largest absolute Gasteiger partial charge is 0.158 e. The predicted molar refractivity (Wildman–Crippen MR) is 69.7 cm³/mol. The van der Waals surface area contributed by atoms with E-state index in [9.17, 15) is 0 Å². The van der Waals surface area contributed by atoms with Gasteiger partial charge in [-0.25, -0.2) is 0 Å². The number of benzene rings is 2. The van der Waals surface area contributed by atoms with Crippen molar-refractivity contribution in [2.75, 3.05) is 0 Å². The van der Waals surface area contributed by atoms with Crippen LogP contribution < -0.4 is 0 Å². The zero-order chi connectivity index (χ0) is 11.7. The lowest BCUT2D eigenvalue weighted by Gasteiger charge is -2.06. The number of aromatic nitrogens is 2. The molecule has 0 radical (unpaired) electrons. The Morgan fingerprint density at radius 3 is 2.41 bits per heavy atom. The van der Waals surface area contributed by atoms with Crippen molar-refractivity contribution in [3.8, 4) is 11.1 Å². The minimum Gasteiger partial charge on any atom is -0.158 e. The first-order valence-electron chi connectivity index (χ1n) is 5.61. The average Bonchev–Trinajstić information content (AvgIpc) is 2.40. The van der Waals surface area contributed by atoms with Gasteiger partial charge in [-0.2, -0.15) is 10.2 Å². The number of hydrogen-bond acceptors (Lipinski definition) is 2. The molecule has 3 aromatic rings. The van der Waals surface area contributed by atoms with Crippen molar-refractivity contribution in [3.05, 3.63) is 60.4 Å². The van der Waals surface area contributed by atoms with E-state index in [0.717, 1.165) is 5.39 Å². The van der Waals surface area contributed by atoms with E-state index in [-0.39, 0.29) is 0 Å². The summed E-state index contributed by atoms with van der Waals surface area (Å²) in [6.07, 6.45) is 3.63. The highest BCUT2D eigenvalue weighted by molar-refractivity contribution is 5.88. The third-order valence-corrected chi connectivity index (χ3v) is 2.98. The van der Waals surface area contributed by atoms with Crippen LogP contribution in [0.3, 0.4) is 0 Å². The van der Waals surface area contributed by atoms with E-state index < -0.39 is 0 Å². The maximum atomic E-state index is 3.94. The average molecular weight is 220 g/mol. The maximum absolute atomic E-state index is 3.94. The third kappa shape index (κ3) is 1.78. The zero-order valence-electron chi connectivity index (χ0n) is 9.59. The molecule has 0 N–H and O–H groups in total. The van der Waals surface area contributed by atoms with Crippen LogP contribution in [0.15, 0.2) is 54.9 Å². The van der Waals surface area contributed by atoms with Gasteiger partial charge in [0, 0.05) is 10.8 Å². The second kappa shape index (κ2) is 3.98. The van der Waals surface area contributed by atoms with Crippen molar-refractivity contribution in [1.82, 2.24) is 10.2 Å². The molecule has 2 aromatic carbocycles. The Balaban J connectivity index is 2.26. The number of hydrogen-bond donors (Lipinski definition) is 0. The molecule has 0 saturated heterocycles. The van der Waals surface area contributed by atoms with E-state index >= 15 is 0 Å². The molecule has 0 aliphatic rings. The third-order valence-electron chi connectivity index (χ3n) is 2.98. The molecular weight excluding hydrogens is 208 g/mol. The van der Waals surface area contributed by atoms with Crippen LogP contribution in [0.4, 0.5) is 0 Å². The van der Waals surface area contributed by atoms with Crippen LogP contribution in [0.5, 0.6) is 0 Å². The van der Waals surface area contributed by atoms with Gasteiger partial charge in [0.25, 0.3) is 0 Å². The SMILES string of the molecule is Cc1cc(-c2ccccc2)cc2cnncc12. The summed E-state index contributed by atoms with van der Waals surface area (Å²) in [6, 6.07) is 14.7. The number of rotatable bonds is 1. The summed E-state index contributed by atoms with van der Waals surface area (Å²) < 4.78 is 0. The first kappa shape index (κ1) is 9.97. The molecule has 1 heterocycles. The van der Waals surface area contributed by atoms with Gasteiger partial charge in [-0.15, -0.1) is 0 Å². The summed E-state index contributed by atoms with van der Waals surface area (Å²) in [6.45, 7) is 2.11. The molecule has 0 unspecified atom stereocenters. The molecule has 0 fully saturated rings. The molecule has 2 heteroatoms. The zero-order valence-corrected chi connectivity index (χ0v) is 9.59. The van der Waals surface area contributed by atoms with Crippen molar-refractivity contribution in [3.63, 3.8) is 0 Å². The van der Waals surface area contributed by atoms with Gasteiger partial charge in [0.05, 0.1) is 12.4 Å². The summed E-state index contributed by atoms with van der Waals surface area (Å²) in [7, 11) is 0. The summed E-state index contributed by atoms with van der Waals surface area (Å²) >= 11 is 0. The standard InChI is InChI=1S/C15H12N2/c1-11-7-13(12-5-3-2-4-6-12)8-14-9-16-17-10-15(11)14/h2-10H,1H3. The van der Waals surface area contributed by atoms with E-state index in [1.165, 1.54) is 22.1 Å². The Kier molecular flexibility index (Phi) is 2.33. The number of nitrogens with zero attached hydrogens (tertiary/aromatic N) is 2. The maximum Gasteiger partial charge on any atom is 0.0577 e. The van der Waals surface area contributed by atoms with Crippen molar-refractivity contribution in [2.45, 2.75) is 6.92 Å². The molecule has 0 spiro atoms. The molecule has 82 valence electrons. The van der Waals surface area contributed by atoms with Crippen LogP contribution in [0, 0.1) is 6.92 Å². The molecule has 0 aliphatic carbocycles. The fourth-order valence-electron chi connectivity index (χ4n) is 2.09. The van der Waals surface area contributed by atoms with E-state index in [1.54, 1.807) is 0 Å². The van der Waals surface area contributed by atoms with Crippen LogP contribution in [-0.4, -0.2) is 10.2 Å². The highest BCUT2D eigenvalue weighted by atomic mass is 15.1. The Bertz CT molecular complexity index is 660. The van der Waals surface area contributed by atoms with Crippen LogP contribution in [0.2, 0.25) is 0 Å². The molecule has 3 rings (SSSR count). The first-order chi connectivity index (χ1) is 8.34. The fraction of sp³-hybridized carbons (Fsp3) is 0.0667. The number of aryl methyl sites for hydroxylation is 1. The van der Waals surface area contributed by atoms with Gasteiger partial charge in [-0.05, 0) is 29.7 Å². The molecule has 0 saturated carbocycles. The fourth-order valence-corrected chi connectivity index (χ4v) is 2.09. The lowest BCUT2D eigenvalue weighted by atomic mass is 9.99. The molecule has 1 aromatic heterocycles. The van der Waals surface area contributed by atoms with Gasteiger partial charge in [0.15, 0.2) is 0 Å². The minimum atomic E-state index is 1.14. The lowest BCUT2D eigenvalue weighted by Crippen LogP contribution is -1.86. The molecular formula is C15H12N2. The van der Waals surface area contributed by atoms with Gasteiger partial charge >= 0.3 is 0 Å². The Morgan fingerprint density at radius 2 is 1.59 bits per heavy atom. The molecule has 0 amide bonds. The molecule has 0 bridgehead atoms. The predicted octanol–water partition coefficient (Wildman–Crippen LogP) is 3.61. The van der Waals surface area contributed by atoms with E-state index in [2.05, 4.69) is 53.5 Å². The Morgan fingerprint density at radius 1 is 0.824 bits per heavy atom. The summed E-state index contributed by atoms with van der Waals surface area (Å²) in [5.74, 6) is 0. The smallest absolute Gasteiger partial charge is 0.0577 e. The monoisotopic (exact) mass is 220 g/mol.